The fourth-order valence-electron chi connectivity index (χ4n) is 2.34. The van der Waals surface area contributed by atoms with E-state index in [0.29, 0.717) is 43.3 Å². The molecule has 1 aliphatic heterocycles. The molecule has 1 heterocycles. The molecule has 1 aromatic carbocycles. The lowest BCUT2D eigenvalue weighted by Gasteiger charge is -2.26. The molecular formula is C17H26N2O4S. The van der Waals surface area contributed by atoms with E-state index < -0.39 is 10.0 Å². The molecule has 1 aromatic rings. The fourth-order valence-corrected chi connectivity index (χ4v) is 3.84. The molecule has 0 aromatic heterocycles. The molecule has 2 rings (SSSR count). The molecule has 24 heavy (non-hydrogen) atoms. The maximum Gasteiger partial charge on any atom is 0.251 e. The van der Waals surface area contributed by atoms with Crippen molar-refractivity contribution in [3.05, 3.63) is 35.4 Å². The Bertz CT molecular complexity index is 650. The van der Waals surface area contributed by atoms with Crippen LogP contribution < -0.4 is 5.32 Å². The number of hydrogen-bond donors (Lipinski definition) is 1. The van der Waals surface area contributed by atoms with Crippen LogP contribution in [0.4, 0.5) is 0 Å². The van der Waals surface area contributed by atoms with Crippen molar-refractivity contribution in [2.75, 3.05) is 26.3 Å². The normalized spacial score (nSPS) is 17.7. The first-order valence-corrected chi connectivity index (χ1v) is 9.86. The third-order valence-electron chi connectivity index (χ3n) is 4.29. The number of amides is 1. The van der Waals surface area contributed by atoms with Gasteiger partial charge in [0.05, 0.1) is 19.0 Å². The molecule has 0 unspecified atom stereocenters. The molecule has 0 radical (unpaired) electrons. The van der Waals surface area contributed by atoms with Crippen LogP contribution in [0.2, 0.25) is 0 Å². The van der Waals surface area contributed by atoms with E-state index in [1.54, 1.807) is 24.3 Å². The first kappa shape index (κ1) is 18.9. The number of ether oxygens (including phenoxy) is 1. The molecule has 7 heteroatoms. The van der Waals surface area contributed by atoms with Crippen molar-refractivity contribution in [1.29, 1.82) is 0 Å². The average Bonchev–Trinajstić information content (AvgIpc) is 2.55. The van der Waals surface area contributed by atoms with Crippen LogP contribution in [0.3, 0.4) is 0 Å². The minimum Gasteiger partial charge on any atom is -0.379 e. The van der Waals surface area contributed by atoms with Crippen molar-refractivity contribution >= 4 is 15.9 Å². The molecule has 0 spiro atoms. The molecule has 1 N–H and O–H groups in total. The van der Waals surface area contributed by atoms with Crippen molar-refractivity contribution in [2.24, 2.45) is 5.92 Å². The van der Waals surface area contributed by atoms with Gasteiger partial charge in [-0.2, -0.15) is 4.31 Å². The number of sulfonamides is 1. The third-order valence-corrected chi connectivity index (χ3v) is 6.14. The van der Waals surface area contributed by atoms with E-state index in [1.807, 2.05) is 20.8 Å². The standard InChI is InChI=1S/C17H26N2O4S/c1-13(2)14(3)18-17(20)16-6-4-15(5-7-16)12-24(21,22)19-8-10-23-11-9-19/h4-7,13-14H,8-12H2,1-3H3,(H,18,20)/t14-/m0/s1. The zero-order valence-corrected chi connectivity index (χ0v) is 15.3. The van der Waals surface area contributed by atoms with Gasteiger partial charge >= 0.3 is 0 Å². The van der Waals surface area contributed by atoms with E-state index in [0.717, 1.165) is 0 Å². The number of benzene rings is 1. The predicted octanol–water partition coefficient (Wildman–Crippen LogP) is 1.62. The summed E-state index contributed by atoms with van der Waals surface area (Å²) in [6.45, 7) is 7.73. The largest absolute Gasteiger partial charge is 0.379 e. The Morgan fingerprint density at radius 1 is 1.17 bits per heavy atom. The maximum atomic E-state index is 12.4. The Balaban J connectivity index is 2.00. The highest BCUT2D eigenvalue weighted by atomic mass is 32.2. The van der Waals surface area contributed by atoms with E-state index in [1.165, 1.54) is 4.31 Å². The van der Waals surface area contributed by atoms with Gasteiger partial charge in [0, 0.05) is 24.7 Å². The summed E-state index contributed by atoms with van der Waals surface area (Å²) in [4.78, 5) is 12.2. The van der Waals surface area contributed by atoms with Gasteiger partial charge in [-0.05, 0) is 30.5 Å². The number of carbonyl (C=O) groups is 1. The highest BCUT2D eigenvalue weighted by Crippen LogP contribution is 2.14. The van der Waals surface area contributed by atoms with Crippen LogP contribution in [0, 0.1) is 5.92 Å². The Kier molecular flexibility index (Phi) is 6.37. The second-order valence-electron chi connectivity index (χ2n) is 6.47. The number of hydrogen-bond acceptors (Lipinski definition) is 4. The van der Waals surface area contributed by atoms with E-state index in [-0.39, 0.29) is 17.7 Å². The van der Waals surface area contributed by atoms with Crippen LogP contribution in [0.1, 0.15) is 36.7 Å². The highest BCUT2D eigenvalue weighted by Gasteiger charge is 2.24. The summed E-state index contributed by atoms with van der Waals surface area (Å²) >= 11 is 0. The van der Waals surface area contributed by atoms with Gasteiger partial charge in [0.15, 0.2) is 0 Å². The molecule has 6 nitrogen and oxygen atoms in total. The summed E-state index contributed by atoms with van der Waals surface area (Å²) in [5, 5.41) is 2.94. The van der Waals surface area contributed by atoms with Crippen LogP contribution in [0.5, 0.6) is 0 Å². The molecule has 134 valence electrons. The zero-order valence-electron chi connectivity index (χ0n) is 14.5. The van der Waals surface area contributed by atoms with Crippen molar-refractivity contribution in [1.82, 2.24) is 9.62 Å². The molecule has 0 aliphatic carbocycles. The quantitative estimate of drug-likeness (QED) is 0.842. The smallest absolute Gasteiger partial charge is 0.251 e. The van der Waals surface area contributed by atoms with Crippen LogP contribution in [0.25, 0.3) is 0 Å². The molecule has 1 amide bonds. The summed E-state index contributed by atoms with van der Waals surface area (Å²) in [6.07, 6.45) is 0. The molecule has 1 saturated heterocycles. The Labute approximate surface area is 144 Å². The summed E-state index contributed by atoms with van der Waals surface area (Å²) in [5.74, 6) is 0.155. The molecule has 0 saturated carbocycles. The minimum absolute atomic E-state index is 0.0582. The predicted molar refractivity (Wildman–Crippen MR) is 93.2 cm³/mol. The molecule has 0 bridgehead atoms. The first-order chi connectivity index (χ1) is 11.3. The van der Waals surface area contributed by atoms with Crippen molar-refractivity contribution < 1.29 is 17.9 Å². The zero-order chi connectivity index (χ0) is 17.7. The number of nitrogens with one attached hydrogen (secondary N) is 1. The van der Waals surface area contributed by atoms with Crippen molar-refractivity contribution in [2.45, 2.75) is 32.6 Å². The summed E-state index contributed by atoms with van der Waals surface area (Å²) in [5.41, 5.74) is 1.21. The number of nitrogens with zero attached hydrogens (tertiary/aromatic N) is 1. The molecular weight excluding hydrogens is 328 g/mol. The molecule has 1 fully saturated rings. The maximum absolute atomic E-state index is 12.4. The van der Waals surface area contributed by atoms with Gasteiger partial charge in [0.1, 0.15) is 0 Å². The van der Waals surface area contributed by atoms with Gasteiger partial charge in [-0.25, -0.2) is 8.42 Å². The SMILES string of the molecule is CC(C)[C@H](C)NC(=O)c1ccc(CS(=O)(=O)N2CCOCC2)cc1. The summed E-state index contributed by atoms with van der Waals surface area (Å²) in [7, 11) is -3.35. The topological polar surface area (TPSA) is 75.7 Å². The third kappa shape index (κ3) is 5.03. The second kappa shape index (κ2) is 8.09. The lowest BCUT2D eigenvalue weighted by atomic mass is 10.1. The van der Waals surface area contributed by atoms with Gasteiger partial charge < -0.3 is 10.1 Å². The minimum atomic E-state index is -3.35. The van der Waals surface area contributed by atoms with Crippen LogP contribution >= 0.6 is 0 Å². The van der Waals surface area contributed by atoms with Gasteiger partial charge in [-0.15, -0.1) is 0 Å². The molecule has 1 aliphatic rings. The number of rotatable bonds is 6. The van der Waals surface area contributed by atoms with Crippen molar-refractivity contribution in [3.63, 3.8) is 0 Å². The Morgan fingerprint density at radius 2 is 1.75 bits per heavy atom. The average molecular weight is 354 g/mol. The van der Waals surface area contributed by atoms with E-state index in [9.17, 15) is 13.2 Å². The van der Waals surface area contributed by atoms with E-state index in [4.69, 9.17) is 4.74 Å². The molecule has 1 atom stereocenters. The summed E-state index contributed by atoms with van der Waals surface area (Å²) < 4.78 is 31.4. The lowest BCUT2D eigenvalue weighted by molar-refractivity contribution is 0.0729. The van der Waals surface area contributed by atoms with Crippen molar-refractivity contribution in [3.8, 4) is 0 Å². The van der Waals surface area contributed by atoms with E-state index in [2.05, 4.69) is 5.32 Å². The Hall–Kier alpha value is -1.44. The van der Waals surface area contributed by atoms with Gasteiger partial charge in [0.2, 0.25) is 10.0 Å². The fraction of sp³-hybridized carbons (Fsp3) is 0.588. The number of morpholine rings is 1. The first-order valence-electron chi connectivity index (χ1n) is 8.25. The van der Waals surface area contributed by atoms with Gasteiger partial charge in [-0.3, -0.25) is 4.79 Å². The van der Waals surface area contributed by atoms with Crippen LogP contribution in [-0.4, -0.2) is 51.0 Å². The second-order valence-corrected chi connectivity index (χ2v) is 8.44. The van der Waals surface area contributed by atoms with Crippen LogP contribution in [0.15, 0.2) is 24.3 Å². The van der Waals surface area contributed by atoms with E-state index >= 15 is 0 Å². The van der Waals surface area contributed by atoms with Gasteiger partial charge in [0.25, 0.3) is 5.91 Å². The summed E-state index contributed by atoms with van der Waals surface area (Å²) in [6, 6.07) is 6.83. The lowest BCUT2D eigenvalue weighted by Crippen LogP contribution is -2.41. The number of carbonyl (C=O) groups excluding carboxylic acids is 1. The van der Waals surface area contributed by atoms with Gasteiger partial charge in [-0.1, -0.05) is 26.0 Å². The Morgan fingerprint density at radius 3 is 2.29 bits per heavy atom. The van der Waals surface area contributed by atoms with Crippen LogP contribution in [-0.2, 0) is 20.5 Å². The monoisotopic (exact) mass is 354 g/mol. The highest BCUT2D eigenvalue weighted by molar-refractivity contribution is 7.88.